The number of nitrogens with zero attached hydrogens (tertiary/aromatic N) is 1. The zero-order chi connectivity index (χ0) is 17.9. The molecular weight excluding hydrogens is 322 g/mol. The molecule has 0 aromatic carbocycles. The van der Waals surface area contributed by atoms with Gasteiger partial charge in [0.1, 0.15) is 16.1 Å². The lowest BCUT2D eigenvalue weighted by atomic mass is 9.83. The van der Waals surface area contributed by atoms with E-state index in [4.69, 9.17) is 4.43 Å². The van der Waals surface area contributed by atoms with Crippen LogP contribution in [0, 0.1) is 11.8 Å². The van der Waals surface area contributed by atoms with E-state index in [1.807, 2.05) is 27.0 Å². The smallest absolute Gasteiger partial charge is 0.191 e. The summed E-state index contributed by atoms with van der Waals surface area (Å²) in [6.45, 7) is 18.3. The maximum absolute atomic E-state index is 12.0. The van der Waals surface area contributed by atoms with Crippen LogP contribution < -0.4 is 0 Å². The van der Waals surface area contributed by atoms with Crippen molar-refractivity contribution in [2.75, 3.05) is 6.61 Å². The summed E-state index contributed by atoms with van der Waals surface area (Å²) in [6.07, 6.45) is 6.65. The minimum Gasteiger partial charge on any atom is -0.591 e. The van der Waals surface area contributed by atoms with Gasteiger partial charge in [-0.15, -0.1) is 0 Å². The topological polar surface area (TPSA) is 44.7 Å². The third kappa shape index (κ3) is 6.89. The van der Waals surface area contributed by atoms with Crippen LogP contribution >= 0.6 is 0 Å². The Balaban J connectivity index is 2.38. The van der Waals surface area contributed by atoms with Crippen LogP contribution in [0.15, 0.2) is 4.40 Å². The third-order valence-electron chi connectivity index (χ3n) is 5.27. The second kappa shape index (κ2) is 8.02. The molecule has 0 saturated heterocycles. The van der Waals surface area contributed by atoms with Crippen molar-refractivity contribution in [2.24, 2.45) is 16.2 Å². The lowest BCUT2D eigenvalue weighted by molar-refractivity contribution is 0.185. The number of rotatable bonds is 5. The van der Waals surface area contributed by atoms with Crippen molar-refractivity contribution in [3.63, 3.8) is 0 Å². The van der Waals surface area contributed by atoms with Gasteiger partial charge in [0.25, 0.3) is 0 Å². The van der Waals surface area contributed by atoms with E-state index in [2.05, 4.69) is 38.3 Å². The van der Waals surface area contributed by atoms with Crippen molar-refractivity contribution in [1.82, 2.24) is 0 Å². The van der Waals surface area contributed by atoms with Gasteiger partial charge in [-0.25, -0.2) is 0 Å². The molecule has 23 heavy (non-hydrogen) atoms. The van der Waals surface area contributed by atoms with Crippen LogP contribution in [-0.2, 0) is 15.8 Å². The fourth-order valence-corrected chi connectivity index (χ4v) is 4.03. The summed E-state index contributed by atoms with van der Waals surface area (Å²) in [5.41, 5.74) is 0. The van der Waals surface area contributed by atoms with E-state index in [-0.39, 0.29) is 9.79 Å². The maximum Gasteiger partial charge on any atom is 0.191 e. The first-order valence-electron chi connectivity index (χ1n) is 8.93. The van der Waals surface area contributed by atoms with Gasteiger partial charge >= 0.3 is 0 Å². The van der Waals surface area contributed by atoms with Gasteiger partial charge in [0.05, 0.1) is 6.21 Å². The predicted molar refractivity (Wildman–Crippen MR) is 105 cm³/mol. The van der Waals surface area contributed by atoms with E-state index in [1.165, 1.54) is 12.8 Å². The highest BCUT2D eigenvalue weighted by molar-refractivity contribution is 7.91. The molecule has 0 unspecified atom stereocenters. The molecule has 3 nitrogen and oxygen atoms in total. The van der Waals surface area contributed by atoms with Crippen molar-refractivity contribution in [3.05, 3.63) is 0 Å². The molecule has 1 aliphatic carbocycles. The minimum absolute atomic E-state index is 0.259. The normalized spacial score (nSPS) is 25.8. The maximum atomic E-state index is 12.0. The Morgan fingerprint density at radius 3 is 2.04 bits per heavy atom. The van der Waals surface area contributed by atoms with Crippen LogP contribution in [0.3, 0.4) is 0 Å². The largest absolute Gasteiger partial charge is 0.591 e. The Morgan fingerprint density at radius 1 is 1.09 bits per heavy atom. The molecule has 0 aromatic heterocycles. The Labute approximate surface area is 148 Å². The molecule has 1 saturated carbocycles. The van der Waals surface area contributed by atoms with Gasteiger partial charge in [0, 0.05) is 6.61 Å². The monoisotopic (exact) mass is 359 g/mol. The molecule has 1 aliphatic rings. The van der Waals surface area contributed by atoms with Crippen LogP contribution in [0.5, 0.6) is 0 Å². The fourth-order valence-electron chi connectivity index (χ4n) is 2.35. The van der Waals surface area contributed by atoms with E-state index in [0.29, 0.717) is 11.8 Å². The van der Waals surface area contributed by atoms with Gasteiger partial charge in [0.2, 0.25) is 0 Å². The molecule has 1 fully saturated rings. The highest BCUT2D eigenvalue weighted by atomic mass is 32.2. The predicted octanol–water partition coefficient (Wildman–Crippen LogP) is 5.35. The Kier molecular flexibility index (Phi) is 7.40. The zero-order valence-corrected chi connectivity index (χ0v) is 18.3. The third-order valence-corrected chi connectivity index (χ3v) is 11.1. The molecule has 0 aromatic rings. The summed E-state index contributed by atoms with van der Waals surface area (Å²) in [6, 6.07) is 0. The summed E-state index contributed by atoms with van der Waals surface area (Å²) in [7, 11) is -1.62. The molecule has 0 amide bonds. The quantitative estimate of drug-likeness (QED) is 0.377. The summed E-state index contributed by atoms with van der Waals surface area (Å²) in [4.78, 5) is 0. The van der Waals surface area contributed by atoms with Crippen LogP contribution in [0.2, 0.25) is 18.1 Å². The van der Waals surface area contributed by atoms with Gasteiger partial charge < -0.3 is 8.98 Å². The first-order valence-corrected chi connectivity index (χ1v) is 12.9. The van der Waals surface area contributed by atoms with Gasteiger partial charge in [-0.05, 0) is 76.4 Å². The molecule has 5 heteroatoms. The second-order valence-corrected chi connectivity index (χ2v) is 16.2. The zero-order valence-electron chi connectivity index (χ0n) is 16.4. The highest BCUT2D eigenvalue weighted by Crippen LogP contribution is 2.38. The van der Waals surface area contributed by atoms with Crippen LogP contribution in [0.4, 0.5) is 0 Å². The molecule has 136 valence electrons. The van der Waals surface area contributed by atoms with Crippen molar-refractivity contribution in [2.45, 2.75) is 90.1 Å². The Hall–Kier alpha value is 0.157. The SMILES string of the molecule is CC(C)(C)[S@+]([O-])/N=C/[C@H]1CC[C@H](CO[Si](C)(C)C(C)(C)C)CC1. The van der Waals surface area contributed by atoms with Gasteiger partial charge in [-0.2, -0.15) is 0 Å². The summed E-state index contributed by atoms with van der Waals surface area (Å²) < 4.78 is 22.4. The van der Waals surface area contributed by atoms with Crippen molar-refractivity contribution in [1.29, 1.82) is 0 Å². The molecule has 1 atom stereocenters. The average Bonchev–Trinajstić information content (AvgIpc) is 2.41. The van der Waals surface area contributed by atoms with Crippen LogP contribution in [0.25, 0.3) is 0 Å². The van der Waals surface area contributed by atoms with E-state index in [1.54, 1.807) is 0 Å². The van der Waals surface area contributed by atoms with Crippen LogP contribution in [-0.4, -0.2) is 30.4 Å². The number of hydrogen-bond acceptors (Lipinski definition) is 3. The summed E-state index contributed by atoms with van der Waals surface area (Å²) in [5, 5.41) is 0.286. The molecule has 0 heterocycles. The first-order chi connectivity index (χ1) is 10.3. The molecule has 0 N–H and O–H groups in total. The van der Waals surface area contributed by atoms with Gasteiger partial charge in [-0.3, -0.25) is 0 Å². The fraction of sp³-hybridized carbons (Fsp3) is 0.944. The van der Waals surface area contributed by atoms with Crippen molar-refractivity contribution < 1.29 is 8.98 Å². The van der Waals surface area contributed by atoms with Crippen molar-refractivity contribution in [3.8, 4) is 0 Å². The molecule has 0 spiro atoms. The minimum atomic E-state index is -1.62. The molecule has 1 rings (SSSR count). The van der Waals surface area contributed by atoms with E-state index < -0.39 is 19.7 Å². The van der Waals surface area contributed by atoms with Gasteiger partial charge in [0.15, 0.2) is 8.32 Å². The second-order valence-electron chi connectivity index (χ2n) is 9.47. The molecule has 0 radical (unpaired) electrons. The van der Waals surface area contributed by atoms with E-state index in [0.717, 1.165) is 19.4 Å². The first kappa shape index (κ1) is 21.2. The molecular formula is C18H37NO2SSi. The van der Waals surface area contributed by atoms with E-state index in [9.17, 15) is 4.55 Å². The molecule has 0 aliphatic heterocycles. The summed E-state index contributed by atoms with van der Waals surface area (Å²) >= 11 is -1.12. The Bertz CT molecular complexity index is 391. The Morgan fingerprint density at radius 2 is 1.61 bits per heavy atom. The standard InChI is InChI=1S/C18H37NO2SSi/c1-17(2,3)22(20)19-13-15-9-11-16(12-10-15)14-21-23(7,8)18(4,5)6/h13,15-16H,9-12,14H2,1-8H3/b19-13+/t15-,16-,22-/m0/s1. The average molecular weight is 360 g/mol. The van der Waals surface area contributed by atoms with E-state index >= 15 is 0 Å². The summed E-state index contributed by atoms with van der Waals surface area (Å²) in [5.74, 6) is 1.17. The number of hydrogen-bond donors (Lipinski definition) is 0. The lowest BCUT2D eigenvalue weighted by Crippen LogP contribution is -2.42. The highest BCUT2D eigenvalue weighted by Gasteiger charge is 2.37. The van der Waals surface area contributed by atoms with Crippen LogP contribution in [0.1, 0.15) is 67.2 Å². The van der Waals surface area contributed by atoms with Crippen molar-refractivity contribution >= 4 is 25.9 Å². The lowest BCUT2D eigenvalue weighted by Gasteiger charge is -2.38. The molecule has 0 bridgehead atoms. The van der Waals surface area contributed by atoms with Gasteiger partial charge in [-0.1, -0.05) is 25.2 Å².